The largest absolute Gasteiger partial charge is 0.310 e. The predicted octanol–water partition coefficient (Wildman–Crippen LogP) is 4.28. The molecule has 0 aromatic heterocycles. The van der Waals surface area contributed by atoms with Crippen LogP contribution in [0.3, 0.4) is 0 Å². The van der Waals surface area contributed by atoms with E-state index in [1.807, 2.05) is 48.5 Å². The molecule has 130 valence electrons. The number of hydrogen-bond donors (Lipinski definition) is 0. The average molecular weight is 474 g/mol. The highest BCUT2D eigenvalue weighted by atomic mass is 79.9. The van der Waals surface area contributed by atoms with Crippen LogP contribution in [-0.2, 0) is 9.59 Å². The second kappa shape index (κ2) is 6.21. The number of nitrogens with zero attached hydrogens (tertiary/aromatic N) is 2. The monoisotopic (exact) mass is 472 g/mol. The summed E-state index contributed by atoms with van der Waals surface area (Å²) < 4.78 is 1.89. The first kappa shape index (κ1) is 17.2. The van der Waals surface area contributed by atoms with Gasteiger partial charge in [0.25, 0.3) is 11.8 Å². The number of amides is 2. The van der Waals surface area contributed by atoms with E-state index in [2.05, 4.69) is 31.9 Å². The Morgan fingerprint density at radius 1 is 0.615 bits per heavy atom. The molecule has 0 N–H and O–H groups in total. The number of carbonyl (C=O) groups is 2. The van der Waals surface area contributed by atoms with Gasteiger partial charge in [-0.15, -0.1) is 0 Å². The Balaban J connectivity index is 1.97. The smallest absolute Gasteiger partial charge is 0.261 e. The maximum Gasteiger partial charge on any atom is 0.261 e. The van der Waals surface area contributed by atoms with Crippen molar-refractivity contribution in [2.45, 2.75) is 0 Å². The van der Waals surface area contributed by atoms with Gasteiger partial charge in [0, 0.05) is 23.0 Å². The van der Waals surface area contributed by atoms with Gasteiger partial charge in [-0.05, 0) is 35.4 Å². The summed E-state index contributed by atoms with van der Waals surface area (Å²) in [6, 6.07) is 15.2. The molecule has 2 aromatic carbocycles. The molecule has 4 nitrogen and oxygen atoms in total. The van der Waals surface area contributed by atoms with Crippen molar-refractivity contribution in [3.63, 3.8) is 0 Å². The van der Waals surface area contributed by atoms with Crippen LogP contribution in [0.4, 0.5) is 0 Å². The minimum atomic E-state index is -0.159. The molecule has 4 rings (SSSR count). The van der Waals surface area contributed by atoms with Gasteiger partial charge in [0.05, 0.1) is 22.5 Å². The minimum absolute atomic E-state index is 0.159. The van der Waals surface area contributed by atoms with Gasteiger partial charge in [-0.25, -0.2) is 0 Å². The number of fused-ring (bicyclic) bond motifs is 1. The van der Waals surface area contributed by atoms with E-state index >= 15 is 0 Å². The number of halogens is 2. The summed E-state index contributed by atoms with van der Waals surface area (Å²) in [4.78, 5) is 29.2. The lowest BCUT2D eigenvalue weighted by Crippen LogP contribution is -2.25. The fourth-order valence-electron chi connectivity index (χ4n) is 3.42. The summed E-state index contributed by atoms with van der Waals surface area (Å²) in [6.07, 6.45) is 0. The van der Waals surface area contributed by atoms with Crippen LogP contribution in [-0.4, -0.2) is 35.7 Å². The third-order valence-electron chi connectivity index (χ3n) is 4.67. The summed E-state index contributed by atoms with van der Waals surface area (Å²) in [7, 11) is 3.43. The molecule has 0 aliphatic carbocycles. The molecule has 0 saturated heterocycles. The molecule has 0 radical (unpaired) electrons. The molecular weight excluding hydrogens is 460 g/mol. The molecule has 0 bridgehead atoms. The lowest BCUT2D eigenvalue weighted by molar-refractivity contribution is -0.123. The zero-order chi connectivity index (χ0) is 18.6. The van der Waals surface area contributed by atoms with Crippen LogP contribution in [0.5, 0.6) is 0 Å². The van der Waals surface area contributed by atoms with Crippen LogP contribution >= 0.6 is 31.9 Å². The summed E-state index contributed by atoms with van der Waals surface area (Å²) >= 11 is 6.84. The van der Waals surface area contributed by atoms with Crippen LogP contribution in [0.2, 0.25) is 0 Å². The highest BCUT2D eigenvalue weighted by Gasteiger charge is 2.46. The topological polar surface area (TPSA) is 40.6 Å². The molecule has 2 aliphatic heterocycles. The SMILES string of the molecule is CN1C(=O)C2=C(c3ccc(Br)cc3)N(C)C(=O)C2=C1c1ccc(Br)cc1. The number of carbonyl (C=O) groups excluding carboxylic acids is 2. The Morgan fingerprint density at radius 2 is 0.923 bits per heavy atom. The molecule has 0 atom stereocenters. The van der Waals surface area contributed by atoms with E-state index < -0.39 is 0 Å². The van der Waals surface area contributed by atoms with Crippen molar-refractivity contribution in [3.05, 3.63) is 79.7 Å². The van der Waals surface area contributed by atoms with Crippen LogP contribution in [0.1, 0.15) is 11.1 Å². The second-order valence-electron chi connectivity index (χ2n) is 6.19. The Bertz CT molecular complexity index is 922. The van der Waals surface area contributed by atoms with Crippen LogP contribution in [0.15, 0.2) is 68.6 Å². The van der Waals surface area contributed by atoms with E-state index in [0.717, 1.165) is 20.1 Å². The van der Waals surface area contributed by atoms with E-state index in [4.69, 9.17) is 0 Å². The van der Waals surface area contributed by atoms with Crippen molar-refractivity contribution in [2.24, 2.45) is 0 Å². The maximum atomic E-state index is 13.0. The maximum absolute atomic E-state index is 13.0. The normalized spacial score (nSPS) is 16.9. The number of benzene rings is 2. The summed E-state index contributed by atoms with van der Waals surface area (Å²) in [5.41, 5.74) is 3.93. The van der Waals surface area contributed by atoms with Crippen LogP contribution in [0, 0.1) is 0 Å². The number of likely N-dealkylation sites (N-methyl/N-ethyl adjacent to an activating group) is 2. The van der Waals surface area contributed by atoms with Crippen molar-refractivity contribution in [1.82, 2.24) is 9.80 Å². The van der Waals surface area contributed by atoms with Crippen molar-refractivity contribution < 1.29 is 9.59 Å². The average Bonchev–Trinajstić information content (AvgIpc) is 3.03. The summed E-state index contributed by atoms with van der Waals surface area (Å²) in [6.45, 7) is 0. The van der Waals surface area contributed by atoms with E-state index in [1.54, 1.807) is 23.9 Å². The van der Waals surface area contributed by atoms with Gasteiger partial charge in [0.2, 0.25) is 0 Å². The van der Waals surface area contributed by atoms with E-state index in [9.17, 15) is 9.59 Å². The zero-order valence-electron chi connectivity index (χ0n) is 14.1. The van der Waals surface area contributed by atoms with E-state index in [-0.39, 0.29) is 11.8 Å². The van der Waals surface area contributed by atoms with Crippen LogP contribution in [0.25, 0.3) is 11.4 Å². The Hall–Kier alpha value is -2.18. The summed E-state index contributed by atoms with van der Waals surface area (Å²) in [5, 5.41) is 0. The first-order valence-corrected chi connectivity index (χ1v) is 9.55. The highest BCUT2D eigenvalue weighted by Crippen LogP contribution is 2.45. The summed E-state index contributed by atoms with van der Waals surface area (Å²) in [5.74, 6) is -0.318. The molecule has 2 aromatic rings. The molecule has 2 aliphatic rings. The third-order valence-corrected chi connectivity index (χ3v) is 5.72. The minimum Gasteiger partial charge on any atom is -0.310 e. The van der Waals surface area contributed by atoms with Gasteiger partial charge in [-0.2, -0.15) is 0 Å². The quantitative estimate of drug-likeness (QED) is 0.653. The van der Waals surface area contributed by atoms with Gasteiger partial charge < -0.3 is 9.80 Å². The molecular formula is C20H14Br2N2O2. The fourth-order valence-corrected chi connectivity index (χ4v) is 3.95. The molecule has 0 unspecified atom stereocenters. The Kier molecular flexibility index (Phi) is 4.12. The first-order valence-electron chi connectivity index (χ1n) is 7.97. The van der Waals surface area contributed by atoms with E-state index in [0.29, 0.717) is 22.5 Å². The number of rotatable bonds is 2. The lowest BCUT2D eigenvalue weighted by Gasteiger charge is -2.20. The second-order valence-corrected chi connectivity index (χ2v) is 8.02. The fraction of sp³-hybridized carbons (Fsp3) is 0.100. The number of hydrogen-bond acceptors (Lipinski definition) is 2. The van der Waals surface area contributed by atoms with Crippen molar-refractivity contribution >= 4 is 55.1 Å². The third kappa shape index (κ3) is 2.47. The van der Waals surface area contributed by atoms with E-state index in [1.165, 1.54) is 0 Å². The van der Waals surface area contributed by atoms with Crippen molar-refractivity contribution in [3.8, 4) is 0 Å². The van der Waals surface area contributed by atoms with Gasteiger partial charge in [0.15, 0.2) is 0 Å². The van der Waals surface area contributed by atoms with Gasteiger partial charge >= 0.3 is 0 Å². The van der Waals surface area contributed by atoms with Gasteiger partial charge in [0.1, 0.15) is 0 Å². The van der Waals surface area contributed by atoms with Gasteiger partial charge in [-0.1, -0.05) is 56.1 Å². The van der Waals surface area contributed by atoms with Crippen molar-refractivity contribution in [1.29, 1.82) is 0 Å². The Labute approximate surface area is 168 Å². The standard InChI is InChI=1S/C20H14Br2N2O2/c1-23-17(11-3-7-13(21)8-4-11)15-16(19(23)25)18(24(2)20(15)26)12-5-9-14(22)10-6-12/h3-10H,1-2H3. The molecule has 2 amide bonds. The van der Waals surface area contributed by atoms with Crippen molar-refractivity contribution in [2.75, 3.05) is 14.1 Å². The van der Waals surface area contributed by atoms with Crippen LogP contribution < -0.4 is 0 Å². The highest BCUT2D eigenvalue weighted by molar-refractivity contribution is 9.10. The molecule has 0 saturated carbocycles. The molecule has 0 spiro atoms. The predicted molar refractivity (Wildman–Crippen MR) is 108 cm³/mol. The lowest BCUT2D eigenvalue weighted by atomic mass is 10.0. The molecule has 6 heteroatoms. The zero-order valence-corrected chi connectivity index (χ0v) is 17.3. The molecule has 2 heterocycles. The molecule has 26 heavy (non-hydrogen) atoms. The first-order chi connectivity index (χ1) is 12.4. The van der Waals surface area contributed by atoms with Gasteiger partial charge in [-0.3, -0.25) is 9.59 Å². The Morgan fingerprint density at radius 3 is 1.23 bits per heavy atom. The molecule has 0 fully saturated rings.